The van der Waals surface area contributed by atoms with Crippen molar-refractivity contribution in [2.45, 2.75) is 52.0 Å². The Bertz CT molecular complexity index is 481. The Hall–Kier alpha value is -1.55. The molecule has 1 aromatic rings. The number of rotatable bonds is 9. The summed E-state index contributed by atoms with van der Waals surface area (Å²) in [6, 6.07) is 8.22. The summed E-state index contributed by atoms with van der Waals surface area (Å²) in [4.78, 5) is 13.4. The number of benzene rings is 1. The molecule has 0 aliphatic carbocycles. The van der Waals surface area contributed by atoms with Crippen LogP contribution in [0, 0.1) is 5.92 Å². The second-order valence-corrected chi connectivity index (χ2v) is 6.41. The van der Waals surface area contributed by atoms with Crippen LogP contribution in [0.15, 0.2) is 24.3 Å². The Kier molecular flexibility index (Phi) is 7.40. The molecule has 0 atom stereocenters. The molecule has 4 heteroatoms. The van der Waals surface area contributed by atoms with Gasteiger partial charge in [0.05, 0.1) is 12.5 Å². The summed E-state index contributed by atoms with van der Waals surface area (Å²) in [6.07, 6.45) is 6.32. The molecule has 1 N–H and O–H groups in total. The van der Waals surface area contributed by atoms with Crippen molar-refractivity contribution in [1.82, 2.24) is 4.90 Å². The number of aliphatic carboxylic acids is 1. The molecule has 1 aromatic carbocycles. The molecule has 4 nitrogen and oxygen atoms in total. The van der Waals surface area contributed by atoms with Crippen LogP contribution in [0.2, 0.25) is 0 Å². The molecule has 0 radical (unpaired) electrons. The third-order valence-corrected chi connectivity index (χ3v) is 4.56. The Morgan fingerprint density at radius 2 is 1.96 bits per heavy atom. The molecule has 1 aliphatic rings. The predicted molar refractivity (Wildman–Crippen MR) is 91.7 cm³/mol. The summed E-state index contributed by atoms with van der Waals surface area (Å²) in [5, 5.41) is 9.08. The molecular weight excluding hydrogens is 290 g/mol. The number of piperidine rings is 1. The van der Waals surface area contributed by atoms with Gasteiger partial charge in [0.15, 0.2) is 0 Å². The Labute approximate surface area is 139 Å². The summed E-state index contributed by atoms with van der Waals surface area (Å²) in [7, 11) is 0. The van der Waals surface area contributed by atoms with Gasteiger partial charge in [-0.3, -0.25) is 9.69 Å². The van der Waals surface area contributed by atoms with Gasteiger partial charge in [0.1, 0.15) is 5.75 Å². The lowest BCUT2D eigenvalue weighted by Crippen LogP contribution is -2.35. The second kappa shape index (κ2) is 9.56. The first-order valence-corrected chi connectivity index (χ1v) is 8.86. The van der Waals surface area contributed by atoms with Crippen LogP contribution in [0.4, 0.5) is 0 Å². The summed E-state index contributed by atoms with van der Waals surface area (Å²) in [6.45, 7) is 5.53. The van der Waals surface area contributed by atoms with E-state index in [0.29, 0.717) is 0 Å². The van der Waals surface area contributed by atoms with Crippen LogP contribution in [0.3, 0.4) is 0 Å². The van der Waals surface area contributed by atoms with Gasteiger partial charge in [-0.05, 0) is 38.4 Å². The number of hydrogen-bond acceptors (Lipinski definition) is 3. The predicted octanol–water partition coefficient (Wildman–Crippen LogP) is 3.94. The number of ether oxygens (including phenoxy) is 1. The minimum atomic E-state index is -0.652. The molecule has 128 valence electrons. The van der Waals surface area contributed by atoms with Crippen molar-refractivity contribution in [2.24, 2.45) is 5.92 Å². The summed E-state index contributed by atoms with van der Waals surface area (Å²) >= 11 is 0. The van der Waals surface area contributed by atoms with E-state index in [-0.39, 0.29) is 5.92 Å². The highest BCUT2D eigenvalue weighted by molar-refractivity contribution is 5.70. The number of carboxylic acid groups (broad SMARTS) is 1. The van der Waals surface area contributed by atoms with Gasteiger partial charge in [0, 0.05) is 12.1 Å². The fourth-order valence-electron chi connectivity index (χ4n) is 3.07. The zero-order valence-electron chi connectivity index (χ0n) is 14.2. The van der Waals surface area contributed by atoms with Gasteiger partial charge in [0.2, 0.25) is 0 Å². The van der Waals surface area contributed by atoms with Crippen LogP contribution in [0.25, 0.3) is 0 Å². The van der Waals surface area contributed by atoms with Crippen molar-refractivity contribution < 1.29 is 14.6 Å². The van der Waals surface area contributed by atoms with Gasteiger partial charge in [-0.2, -0.15) is 0 Å². The SMILES string of the molecule is CCCCCCOc1ccccc1CN1CCC(C(=O)O)CC1. The highest BCUT2D eigenvalue weighted by atomic mass is 16.5. The molecule has 1 fully saturated rings. The highest BCUT2D eigenvalue weighted by Crippen LogP contribution is 2.24. The zero-order chi connectivity index (χ0) is 16.5. The smallest absolute Gasteiger partial charge is 0.306 e. The molecule has 0 spiro atoms. The molecule has 0 bridgehead atoms. The molecule has 0 amide bonds. The second-order valence-electron chi connectivity index (χ2n) is 6.41. The van der Waals surface area contributed by atoms with Crippen LogP contribution in [-0.4, -0.2) is 35.7 Å². The molecule has 2 rings (SSSR count). The first-order valence-electron chi connectivity index (χ1n) is 8.86. The van der Waals surface area contributed by atoms with E-state index in [1.165, 1.54) is 24.8 Å². The molecule has 1 aliphatic heterocycles. The first-order chi connectivity index (χ1) is 11.2. The van der Waals surface area contributed by atoms with E-state index in [1.807, 2.05) is 18.2 Å². The Balaban J connectivity index is 1.82. The molecule has 0 aromatic heterocycles. The standard InChI is InChI=1S/C19H29NO3/c1-2-3-4-7-14-23-18-9-6-5-8-17(18)15-20-12-10-16(11-13-20)19(21)22/h5-6,8-9,16H,2-4,7,10-15H2,1H3,(H,21,22). The van der Waals surface area contributed by atoms with E-state index in [1.54, 1.807) is 0 Å². The topological polar surface area (TPSA) is 49.8 Å². The van der Waals surface area contributed by atoms with Gasteiger partial charge >= 0.3 is 5.97 Å². The molecule has 23 heavy (non-hydrogen) atoms. The number of nitrogens with zero attached hydrogens (tertiary/aromatic N) is 1. The van der Waals surface area contributed by atoms with Gasteiger partial charge in [-0.15, -0.1) is 0 Å². The van der Waals surface area contributed by atoms with Gasteiger partial charge in [-0.25, -0.2) is 0 Å². The monoisotopic (exact) mass is 319 g/mol. The number of carbonyl (C=O) groups is 1. The average Bonchev–Trinajstić information content (AvgIpc) is 2.56. The number of hydrogen-bond donors (Lipinski definition) is 1. The number of likely N-dealkylation sites (tertiary alicyclic amines) is 1. The van der Waals surface area contributed by atoms with E-state index in [0.717, 1.165) is 51.3 Å². The number of unbranched alkanes of at least 4 members (excludes halogenated alkanes) is 3. The average molecular weight is 319 g/mol. The van der Waals surface area contributed by atoms with Gasteiger partial charge in [-0.1, -0.05) is 44.4 Å². The number of carboxylic acids is 1. The lowest BCUT2D eigenvalue weighted by Gasteiger charge is -2.30. The summed E-state index contributed by atoms with van der Waals surface area (Å²) in [5.74, 6) is 0.154. The highest BCUT2D eigenvalue weighted by Gasteiger charge is 2.24. The Morgan fingerprint density at radius 3 is 2.65 bits per heavy atom. The molecule has 0 saturated carbocycles. The van der Waals surface area contributed by atoms with Gasteiger partial charge in [0.25, 0.3) is 0 Å². The van der Waals surface area contributed by atoms with Crippen LogP contribution in [0.1, 0.15) is 51.0 Å². The Morgan fingerprint density at radius 1 is 1.22 bits per heavy atom. The van der Waals surface area contributed by atoms with E-state index >= 15 is 0 Å². The van der Waals surface area contributed by atoms with Crippen LogP contribution in [0.5, 0.6) is 5.75 Å². The largest absolute Gasteiger partial charge is 0.493 e. The summed E-state index contributed by atoms with van der Waals surface area (Å²) < 4.78 is 5.96. The fourth-order valence-corrected chi connectivity index (χ4v) is 3.07. The van der Waals surface area contributed by atoms with Crippen molar-refractivity contribution in [3.8, 4) is 5.75 Å². The third kappa shape index (κ3) is 5.87. The first kappa shape index (κ1) is 17.8. The van der Waals surface area contributed by atoms with Crippen LogP contribution >= 0.6 is 0 Å². The van der Waals surface area contributed by atoms with Crippen molar-refractivity contribution in [2.75, 3.05) is 19.7 Å². The lowest BCUT2D eigenvalue weighted by atomic mass is 9.97. The van der Waals surface area contributed by atoms with E-state index in [9.17, 15) is 4.79 Å². The van der Waals surface area contributed by atoms with E-state index < -0.39 is 5.97 Å². The zero-order valence-corrected chi connectivity index (χ0v) is 14.2. The lowest BCUT2D eigenvalue weighted by molar-refractivity contribution is -0.143. The van der Waals surface area contributed by atoms with Crippen molar-refractivity contribution in [1.29, 1.82) is 0 Å². The molecule has 1 saturated heterocycles. The van der Waals surface area contributed by atoms with Crippen molar-refractivity contribution in [3.63, 3.8) is 0 Å². The maximum Gasteiger partial charge on any atom is 0.306 e. The fraction of sp³-hybridized carbons (Fsp3) is 0.632. The quantitative estimate of drug-likeness (QED) is 0.700. The van der Waals surface area contributed by atoms with Crippen LogP contribution in [-0.2, 0) is 11.3 Å². The van der Waals surface area contributed by atoms with Crippen molar-refractivity contribution >= 4 is 5.97 Å². The van der Waals surface area contributed by atoms with E-state index in [4.69, 9.17) is 9.84 Å². The maximum absolute atomic E-state index is 11.0. The van der Waals surface area contributed by atoms with Crippen molar-refractivity contribution in [3.05, 3.63) is 29.8 Å². The maximum atomic E-state index is 11.0. The molecular formula is C19H29NO3. The minimum absolute atomic E-state index is 0.170. The molecule has 1 heterocycles. The third-order valence-electron chi connectivity index (χ3n) is 4.56. The van der Waals surface area contributed by atoms with E-state index in [2.05, 4.69) is 17.9 Å². The minimum Gasteiger partial charge on any atom is -0.493 e. The number of para-hydroxylation sites is 1. The normalized spacial score (nSPS) is 16.4. The van der Waals surface area contributed by atoms with Gasteiger partial charge < -0.3 is 9.84 Å². The van der Waals surface area contributed by atoms with Crippen LogP contribution < -0.4 is 4.74 Å². The molecule has 0 unspecified atom stereocenters. The summed E-state index contributed by atoms with van der Waals surface area (Å²) in [5.41, 5.74) is 1.21.